The molecule has 0 saturated heterocycles. The standard InChI is InChI=1S/C14H27NO/c1-14(2,3)15-11-13(16)12-9-7-5-4-6-8-10-12/h9,13,15-16H,4-8,10-11H2,1-3H3. The van der Waals surface area contributed by atoms with Crippen molar-refractivity contribution in [1.82, 2.24) is 5.32 Å². The molecule has 0 aromatic carbocycles. The van der Waals surface area contributed by atoms with Gasteiger partial charge in [0.05, 0.1) is 6.10 Å². The minimum atomic E-state index is -0.294. The fraction of sp³-hybridized carbons (Fsp3) is 0.857. The van der Waals surface area contributed by atoms with Crippen molar-refractivity contribution in [2.24, 2.45) is 0 Å². The maximum atomic E-state index is 10.1. The van der Waals surface area contributed by atoms with Crippen molar-refractivity contribution in [3.05, 3.63) is 11.6 Å². The van der Waals surface area contributed by atoms with Crippen LogP contribution in [0.3, 0.4) is 0 Å². The van der Waals surface area contributed by atoms with Gasteiger partial charge in [0.1, 0.15) is 0 Å². The lowest BCUT2D eigenvalue weighted by atomic mass is 9.96. The summed E-state index contributed by atoms with van der Waals surface area (Å²) >= 11 is 0. The Bertz CT molecular complexity index is 227. The SMILES string of the molecule is CC(C)(C)NCC(O)C1=CCCCCCC1. The third kappa shape index (κ3) is 5.66. The van der Waals surface area contributed by atoms with Crippen molar-refractivity contribution in [1.29, 1.82) is 0 Å². The average molecular weight is 225 g/mol. The van der Waals surface area contributed by atoms with Crippen LogP contribution in [0.4, 0.5) is 0 Å². The van der Waals surface area contributed by atoms with Crippen molar-refractivity contribution < 1.29 is 5.11 Å². The molecule has 0 aliphatic heterocycles. The molecule has 0 bridgehead atoms. The van der Waals surface area contributed by atoms with E-state index in [2.05, 4.69) is 32.2 Å². The summed E-state index contributed by atoms with van der Waals surface area (Å²) in [6.07, 6.45) is 9.36. The number of aliphatic hydroxyl groups is 1. The molecule has 0 saturated carbocycles. The molecule has 1 unspecified atom stereocenters. The van der Waals surface area contributed by atoms with Gasteiger partial charge >= 0.3 is 0 Å². The van der Waals surface area contributed by atoms with Gasteiger partial charge in [-0.1, -0.05) is 18.9 Å². The summed E-state index contributed by atoms with van der Waals surface area (Å²) in [5, 5.41) is 13.5. The fourth-order valence-electron chi connectivity index (χ4n) is 2.05. The number of aliphatic hydroxyl groups excluding tert-OH is 1. The zero-order chi connectivity index (χ0) is 12.0. The Labute approximate surface area is 100 Å². The molecule has 0 amide bonds. The zero-order valence-corrected chi connectivity index (χ0v) is 11.1. The van der Waals surface area contributed by atoms with Gasteiger partial charge in [-0.15, -0.1) is 0 Å². The fourth-order valence-corrected chi connectivity index (χ4v) is 2.05. The van der Waals surface area contributed by atoms with Crippen LogP contribution in [0.25, 0.3) is 0 Å². The summed E-state index contributed by atoms with van der Waals surface area (Å²) < 4.78 is 0. The predicted octanol–water partition coefficient (Wildman–Crippen LogP) is 3.02. The smallest absolute Gasteiger partial charge is 0.0874 e. The monoisotopic (exact) mass is 225 g/mol. The molecule has 1 atom stereocenters. The molecule has 1 rings (SSSR count). The van der Waals surface area contributed by atoms with Crippen LogP contribution in [0.1, 0.15) is 59.3 Å². The maximum Gasteiger partial charge on any atom is 0.0874 e. The van der Waals surface area contributed by atoms with Crippen LogP contribution in [0.15, 0.2) is 11.6 Å². The zero-order valence-electron chi connectivity index (χ0n) is 11.1. The maximum absolute atomic E-state index is 10.1. The van der Waals surface area contributed by atoms with Crippen molar-refractivity contribution in [3.8, 4) is 0 Å². The number of nitrogens with one attached hydrogen (secondary N) is 1. The quantitative estimate of drug-likeness (QED) is 0.724. The van der Waals surface area contributed by atoms with Crippen molar-refractivity contribution in [2.75, 3.05) is 6.54 Å². The molecule has 2 heteroatoms. The van der Waals surface area contributed by atoms with Crippen LogP contribution in [-0.4, -0.2) is 23.3 Å². The number of hydrogen-bond acceptors (Lipinski definition) is 2. The van der Waals surface area contributed by atoms with Gasteiger partial charge < -0.3 is 10.4 Å². The van der Waals surface area contributed by atoms with E-state index in [0.717, 1.165) is 12.8 Å². The Kier molecular flexibility index (Phi) is 5.50. The Morgan fingerprint density at radius 3 is 2.62 bits per heavy atom. The minimum absolute atomic E-state index is 0.0865. The number of allylic oxidation sites excluding steroid dienone is 1. The third-order valence-corrected chi connectivity index (χ3v) is 3.08. The van der Waals surface area contributed by atoms with Crippen molar-refractivity contribution in [2.45, 2.75) is 70.9 Å². The molecule has 94 valence electrons. The minimum Gasteiger partial charge on any atom is -0.387 e. The summed E-state index contributed by atoms with van der Waals surface area (Å²) in [4.78, 5) is 0. The summed E-state index contributed by atoms with van der Waals surface area (Å²) in [7, 11) is 0. The number of rotatable bonds is 3. The summed E-state index contributed by atoms with van der Waals surface area (Å²) in [6, 6.07) is 0. The Hall–Kier alpha value is -0.340. The first-order valence-electron chi connectivity index (χ1n) is 6.61. The highest BCUT2D eigenvalue weighted by molar-refractivity contribution is 5.09. The highest BCUT2D eigenvalue weighted by Gasteiger charge is 2.15. The van der Waals surface area contributed by atoms with E-state index in [0.29, 0.717) is 6.54 Å². The largest absolute Gasteiger partial charge is 0.387 e. The van der Waals surface area contributed by atoms with Crippen molar-refractivity contribution >= 4 is 0 Å². The molecule has 0 fully saturated rings. The molecule has 1 aliphatic carbocycles. The number of β-amino-alcohol motifs (C(OH)–C–C–N with tert-alkyl or cyclic N) is 1. The average Bonchev–Trinajstić information content (AvgIpc) is 2.12. The molecule has 2 N–H and O–H groups in total. The van der Waals surface area contributed by atoms with Crippen molar-refractivity contribution in [3.63, 3.8) is 0 Å². The molecule has 0 heterocycles. The van der Waals surface area contributed by atoms with Gasteiger partial charge in [-0.25, -0.2) is 0 Å². The molecule has 0 aromatic rings. The summed E-state index contributed by atoms with van der Waals surface area (Å²) in [5.41, 5.74) is 1.33. The molecule has 0 radical (unpaired) electrons. The molecule has 16 heavy (non-hydrogen) atoms. The number of hydrogen-bond donors (Lipinski definition) is 2. The van der Waals surface area contributed by atoms with Gasteiger partial charge in [-0.2, -0.15) is 0 Å². The van der Waals surface area contributed by atoms with Gasteiger partial charge in [-0.3, -0.25) is 0 Å². The lowest BCUT2D eigenvalue weighted by Crippen LogP contribution is -2.41. The summed E-state index contributed by atoms with van der Waals surface area (Å²) in [5.74, 6) is 0. The Morgan fingerprint density at radius 1 is 1.25 bits per heavy atom. The van der Waals surface area contributed by atoms with E-state index in [1.807, 2.05) is 0 Å². The van der Waals surface area contributed by atoms with Crippen LogP contribution in [0.2, 0.25) is 0 Å². The first-order chi connectivity index (χ1) is 7.49. The predicted molar refractivity (Wildman–Crippen MR) is 69.5 cm³/mol. The van der Waals surface area contributed by atoms with E-state index in [9.17, 15) is 5.11 Å². The van der Waals surface area contributed by atoms with Gasteiger partial charge in [0, 0.05) is 12.1 Å². The van der Waals surface area contributed by atoms with E-state index >= 15 is 0 Å². The van der Waals surface area contributed by atoms with Crippen LogP contribution in [0, 0.1) is 0 Å². The van der Waals surface area contributed by atoms with Gasteiger partial charge in [0.15, 0.2) is 0 Å². The topological polar surface area (TPSA) is 32.3 Å². The first-order valence-corrected chi connectivity index (χ1v) is 6.61. The van der Waals surface area contributed by atoms with Crippen LogP contribution < -0.4 is 5.32 Å². The normalized spacial score (nSPS) is 20.9. The van der Waals surface area contributed by atoms with E-state index in [1.54, 1.807) is 0 Å². The second-order valence-corrected chi connectivity index (χ2v) is 5.88. The van der Waals surface area contributed by atoms with Crippen LogP contribution in [-0.2, 0) is 0 Å². The molecule has 1 aliphatic rings. The Morgan fingerprint density at radius 2 is 1.94 bits per heavy atom. The highest BCUT2D eigenvalue weighted by Crippen LogP contribution is 2.19. The van der Waals surface area contributed by atoms with Gasteiger partial charge in [-0.05, 0) is 52.0 Å². The molecule has 0 spiro atoms. The first kappa shape index (κ1) is 13.7. The van der Waals surface area contributed by atoms with Crippen LogP contribution in [0.5, 0.6) is 0 Å². The highest BCUT2D eigenvalue weighted by atomic mass is 16.3. The molecular weight excluding hydrogens is 198 g/mol. The summed E-state index contributed by atoms with van der Waals surface area (Å²) in [6.45, 7) is 7.07. The van der Waals surface area contributed by atoms with E-state index in [-0.39, 0.29) is 11.6 Å². The molecular formula is C14H27NO. The van der Waals surface area contributed by atoms with E-state index in [1.165, 1.54) is 31.3 Å². The second-order valence-electron chi connectivity index (χ2n) is 5.88. The van der Waals surface area contributed by atoms with Gasteiger partial charge in [0.2, 0.25) is 0 Å². The Balaban J connectivity index is 2.41. The van der Waals surface area contributed by atoms with Crippen LogP contribution >= 0.6 is 0 Å². The van der Waals surface area contributed by atoms with E-state index in [4.69, 9.17) is 0 Å². The second kappa shape index (κ2) is 6.41. The molecule has 0 aromatic heterocycles. The lowest BCUT2D eigenvalue weighted by molar-refractivity contribution is 0.188. The molecule has 2 nitrogen and oxygen atoms in total. The van der Waals surface area contributed by atoms with Gasteiger partial charge in [0.25, 0.3) is 0 Å². The third-order valence-electron chi connectivity index (χ3n) is 3.08. The van der Waals surface area contributed by atoms with E-state index < -0.39 is 0 Å². The lowest BCUT2D eigenvalue weighted by Gasteiger charge is -2.24.